The summed E-state index contributed by atoms with van der Waals surface area (Å²) in [7, 11) is 0. The molecule has 1 aromatic carbocycles. The molecule has 0 aliphatic heterocycles. The van der Waals surface area contributed by atoms with Gasteiger partial charge in [0.05, 0.1) is 10.3 Å². The van der Waals surface area contributed by atoms with Crippen molar-refractivity contribution in [3.63, 3.8) is 0 Å². The molecule has 0 saturated heterocycles. The second-order valence-corrected chi connectivity index (χ2v) is 3.17. The Kier molecular flexibility index (Phi) is 2.57. The van der Waals surface area contributed by atoms with E-state index < -0.39 is 10.4 Å². The first kappa shape index (κ1) is 10.8. The minimum absolute atomic E-state index is 0.0562. The largest absolute Gasteiger partial charge is 0.447 e. The number of nitro groups is 1. The molecule has 0 amide bonds. The lowest BCUT2D eigenvalue weighted by atomic mass is 10.2. The number of nitrogens with zero attached hydrogens (tertiary/aromatic N) is 2. The molecule has 1 aromatic heterocycles. The summed E-state index contributed by atoms with van der Waals surface area (Å²) in [6, 6.07) is 5.14. The number of para-hydroxylation sites is 1. The van der Waals surface area contributed by atoms with Gasteiger partial charge in [-0.15, -0.1) is 0 Å². The summed E-state index contributed by atoms with van der Waals surface area (Å²) in [5.41, 5.74) is -0.891. The van der Waals surface area contributed by atoms with Gasteiger partial charge in [-0.3, -0.25) is 14.9 Å². The van der Waals surface area contributed by atoms with Crippen LogP contribution in [0, 0.1) is 10.1 Å². The van der Waals surface area contributed by atoms with Crippen LogP contribution in [0.4, 0.5) is 5.69 Å². The molecular formula is C10H6N2O5. The molecule has 7 heteroatoms. The van der Waals surface area contributed by atoms with E-state index in [1.54, 1.807) is 0 Å². The van der Waals surface area contributed by atoms with Gasteiger partial charge < -0.3 is 9.62 Å². The standard InChI is InChI=1S/C10H6N2O5/c13-9-4-6(5-11-14)17-10-7(9)2-1-3-8(10)12(15)16/h1-5,14H/b11-5+. The predicted octanol–water partition coefficient (Wildman–Crippen LogP) is 1.51. The molecule has 7 nitrogen and oxygen atoms in total. The van der Waals surface area contributed by atoms with Crippen LogP contribution in [0.2, 0.25) is 0 Å². The average Bonchev–Trinajstić information content (AvgIpc) is 2.28. The number of hydrogen-bond donors (Lipinski definition) is 1. The summed E-state index contributed by atoms with van der Waals surface area (Å²) < 4.78 is 5.12. The van der Waals surface area contributed by atoms with E-state index in [9.17, 15) is 14.9 Å². The molecular weight excluding hydrogens is 228 g/mol. The number of oxime groups is 1. The minimum atomic E-state index is -0.648. The van der Waals surface area contributed by atoms with E-state index in [4.69, 9.17) is 9.62 Å². The van der Waals surface area contributed by atoms with Crippen LogP contribution in [0.1, 0.15) is 5.76 Å². The quantitative estimate of drug-likeness (QED) is 0.367. The Morgan fingerprint density at radius 2 is 2.24 bits per heavy atom. The molecule has 0 radical (unpaired) electrons. The Hall–Kier alpha value is -2.70. The highest BCUT2D eigenvalue weighted by molar-refractivity contribution is 5.87. The monoisotopic (exact) mass is 234 g/mol. The van der Waals surface area contributed by atoms with E-state index >= 15 is 0 Å². The molecule has 0 bridgehead atoms. The summed E-state index contributed by atoms with van der Waals surface area (Å²) in [6.45, 7) is 0. The Bertz CT molecular complexity index is 674. The molecule has 2 aromatic rings. The molecule has 0 saturated carbocycles. The predicted molar refractivity (Wildman–Crippen MR) is 58.5 cm³/mol. The smallest absolute Gasteiger partial charge is 0.312 e. The van der Waals surface area contributed by atoms with Gasteiger partial charge in [0, 0.05) is 12.1 Å². The second kappa shape index (κ2) is 4.05. The Balaban J connectivity index is 2.88. The number of non-ortho nitro benzene ring substituents is 1. The topological polar surface area (TPSA) is 106 Å². The molecule has 0 aliphatic carbocycles. The van der Waals surface area contributed by atoms with Crippen LogP contribution in [-0.4, -0.2) is 16.3 Å². The number of benzene rings is 1. The molecule has 17 heavy (non-hydrogen) atoms. The number of fused-ring (bicyclic) bond motifs is 1. The van der Waals surface area contributed by atoms with E-state index in [0.717, 1.165) is 12.3 Å². The highest BCUT2D eigenvalue weighted by atomic mass is 16.6. The van der Waals surface area contributed by atoms with E-state index in [0.29, 0.717) is 0 Å². The third kappa shape index (κ3) is 1.85. The van der Waals surface area contributed by atoms with Gasteiger partial charge in [-0.2, -0.15) is 0 Å². The fourth-order valence-electron chi connectivity index (χ4n) is 1.44. The molecule has 0 aliphatic rings. The van der Waals surface area contributed by atoms with Gasteiger partial charge in [0.25, 0.3) is 0 Å². The fourth-order valence-corrected chi connectivity index (χ4v) is 1.44. The minimum Gasteiger partial charge on any atom is -0.447 e. The van der Waals surface area contributed by atoms with Crippen molar-refractivity contribution in [3.05, 3.63) is 50.4 Å². The van der Waals surface area contributed by atoms with Crippen molar-refractivity contribution < 1.29 is 14.5 Å². The molecule has 0 unspecified atom stereocenters. The lowest BCUT2D eigenvalue weighted by Gasteiger charge is -1.99. The van der Waals surface area contributed by atoms with Crippen molar-refractivity contribution in [2.45, 2.75) is 0 Å². The molecule has 0 spiro atoms. The summed E-state index contributed by atoms with van der Waals surface area (Å²) in [5, 5.41) is 21.9. The van der Waals surface area contributed by atoms with Crippen LogP contribution in [0.5, 0.6) is 0 Å². The van der Waals surface area contributed by atoms with Gasteiger partial charge in [-0.25, -0.2) is 0 Å². The van der Waals surface area contributed by atoms with Crippen LogP contribution in [0.3, 0.4) is 0 Å². The maximum atomic E-state index is 11.6. The number of rotatable bonds is 2. The van der Waals surface area contributed by atoms with E-state index in [2.05, 4.69) is 5.16 Å². The summed E-state index contributed by atoms with van der Waals surface area (Å²) in [4.78, 5) is 21.7. The number of hydrogen-bond acceptors (Lipinski definition) is 6. The third-order valence-electron chi connectivity index (χ3n) is 2.13. The van der Waals surface area contributed by atoms with Crippen molar-refractivity contribution >= 4 is 22.9 Å². The summed E-state index contributed by atoms with van der Waals surface area (Å²) >= 11 is 0. The van der Waals surface area contributed by atoms with Gasteiger partial charge in [0.2, 0.25) is 5.58 Å². The Labute approximate surface area is 93.7 Å². The third-order valence-corrected chi connectivity index (χ3v) is 2.13. The van der Waals surface area contributed by atoms with Crippen molar-refractivity contribution in [1.82, 2.24) is 0 Å². The van der Waals surface area contributed by atoms with Crippen LogP contribution < -0.4 is 5.43 Å². The normalized spacial score (nSPS) is 11.1. The van der Waals surface area contributed by atoms with Crippen molar-refractivity contribution in [2.24, 2.45) is 5.16 Å². The fraction of sp³-hybridized carbons (Fsp3) is 0. The summed E-state index contributed by atoms with van der Waals surface area (Å²) in [5.74, 6) is -0.0562. The van der Waals surface area contributed by atoms with Crippen molar-refractivity contribution in [1.29, 1.82) is 0 Å². The van der Waals surface area contributed by atoms with Crippen molar-refractivity contribution in [3.8, 4) is 0 Å². The van der Waals surface area contributed by atoms with Crippen LogP contribution in [0.25, 0.3) is 11.0 Å². The molecule has 0 atom stereocenters. The zero-order chi connectivity index (χ0) is 12.4. The first-order chi connectivity index (χ1) is 8.13. The molecule has 1 N–H and O–H groups in total. The van der Waals surface area contributed by atoms with Crippen molar-refractivity contribution in [2.75, 3.05) is 0 Å². The van der Waals surface area contributed by atoms with Gasteiger partial charge in [0.15, 0.2) is 11.2 Å². The van der Waals surface area contributed by atoms with Gasteiger partial charge >= 0.3 is 5.69 Å². The molecule has 2 rings (SSSR count). The number of nitro benzene ring substituents is 1. The second-order valence-electron chi connectivity index (χ2n) is 3.17. The Morgan fingerprint density at radius 3 is 2.88 bits per heavy atom. The highest BCUT2D eigenvalue weighted by Crippen LogP contribution is 2.23. The van der Waals surface area contributed by atoms with Gasteiger partial charge in [-0.05, 0) is 6.07 Å². The van der Waals surface area contributed by atoms with E-state index in [-0.39, 0.29) is 22.4 Å². The average molecular weight is 234 g/mol. The van der Waals surface area contributed by atoms with Crippen LogP contribution in [0.15, 0.2) is 38.6 Å². The lowest BCUT2D eigenvalue weighted by molar-refractivity contribution is -0.383. The zero-order valence-corrected chi connectivity index (χ0v) is 8.36. The van der Waals surface area contributed by atoms with Gasteiger partial charge in [0.1, 0.15) is 6.21 Å². The Morgan fingerprint density at radius 1 is 1.47 bits per heavy atom. The molecule has 86 valence electrons. The molecule has 1 heterocycles. The van der Waals surface area contributed by atoms with Crippen LogP contribution in [-0.2, 0) is 0 Å². The van der Waals surface area contributed by atoms with E-state index in [1.807, 2.05) is 0 Å². The lowest BCUT2D eigenvalue weighted by Crippen LogP contribution is -2.03. The van der Waals surface area contributed by atoms with Gasteiger partial charge in [-0.1, -0.05) is 11.2 Å². The van der Waals surface area contributed by atoms with Crippen LogP contribution >= 0.6 is 0 Å². The SMILES string of the molecule is O=c1cc(/C=N/O)oc2c([N+](=O)[O-])cccc12. The molecule has 0 fully saturated rings. The first-order valence-corrected chi connectivity index (χ1v) is 4.52. The first-order valence-electron chi connectivity index (χ1n) is 4.52. The zero-order valence-electron chi connectivity index (χ0n) is 8.36. The maximum absolute atomic E-state index is 11.6. The summed E-state index contributed by atoms with van der Waals surface area (Å²) in [6.07, 6.45) is 0.886. The highest BCUT2D eigenvalue weighted by Gasteiger charge is 2.16. The maximum Gasteiger partial charge on any atom is 0.312 e. The van der Waals surface area contributed by atoms with E-state index in [1.165, 1.54) is 18.2 Å².